The van der Waals surface area contributed by atoms with Gasteiger partial charge in [-0.2, -0.15) is 5.10 Å². The van der Waals surface area contributed by atoms with E-state index >= 15 is 0 Å². The van der Waals surface area contributed by atoms with E-state index in [1.165, 1.54) is 18.4 Å². The molecule has 0 saturated heterocycles. The van der Waals surface area contributed by atoms with Gasteiger partial charge in [-0.3, -0.25) is 5.43 Å². The topological polar surface area (TPSA) is 98.8 Å². The van der Waals surface area contributed by atoms with Crippen molar-refractivity contribution < 1.29 is 14.3 Å². The number of hydrogen-bond donors (Lipinski definition) is 2. The number of carbonyl (C=O) groups excluding carboxylic acids is 1. The largest absolute Gasteiger partial charge is 0.493 e. The van der Waals surface area contributed by atoms with Gasteiger partial charge in [-0.05, 0) is 25.1 Å². The number of nitrogens with two attached hydrogens (primary N) is 1. The van der Waals surface area contributed by atoms with Gasteiger partial charge in [0.05, 0.1) is 25.5 Å². The summed E-state index contributed by atoms with van der Waals surface area (Å²) in [7, 11) is 1.34. The minimum absolute atomic E-state index is 0.416. The van der Waals surface area contributed by atoms with E-state index in [0.29, 0.717) is 28.9 Å². The highest BCUT2D eigenvalue weighted by atomic mass is 32.1. The van der Waals surface area contributed by atoms with E-state index in [4.69, 9.17) is 15.2 Å². The van der Waals surface area contributed by atoms with Gasteiger partial charge in [-0.15, -0.1) is 11.3 Å². The van der Waals surface area contributed by atoms with Gasteiger partial charge in [0.15, 0.2) is 0 Å². The average Bonchev–Trinajstić information content (AvgIpc) is 2.93. The van der Waals surface area contributed by atoms with Crippen molar-refractivity contribution in [2.75, 3.05) is 24.9 Å². The van der Waals surface area contributed by atoms with Crippen LogP contribution in [0.4, 0.5) is 10.9 Å². The summed E-state index contributed by atoms with van der Waals surface area (Å²) in [6, 6.07) is 5.01. The Hall–Kier alpha value is -2.61. The molecule has 0 saturated carbocycles. The van der Waals surface area contributed by atoms with Crippen LogP contribution in [0.5, 0.6) is 5.75 Å². The first-order valence-electron chi connectivity index (χ1n) is 6.49. The number of nitrogens with one attached hydrogen (secondary N) is 1. The Morgan fingerprint density at radius 2 is 2.36 bits per heavy atom. The quantitative estimate of drug-likeness (QED) is 0.481. The summed E-state index contributed by atoms with van der Waals surface area (Å²) in [6.07, 6.45) is 1.59. The third-order valence-corrected chi connectivity index (χ3v) is 3.39. The number of nitrogens with zero attached hydrogens (tertiary/aromatic N) is 2. The van der Waals surface area contributed by atoms with Crippen LogP contribution in [-0.2, 0) is 4.74 Å². The number of hydrogen-bond acceptors (Lipinski definition) is 8. The number of hydrazone groups is 1. The molecule has 0 unspecified atom stereocenters. The van der Waals surface area contributed by atoms with Crippen LogP contribution in [0.3, 0.4) is 0 Å². The Morgan fingerprint density at radius 1 is 1.55 bits per heavy atom. The van der Waals surface area contributed by atoms with Gasteiger partial charge in [-0.1, -0.05) is 0 Å². The third-order valence-electron chi connectivity index (χ3n) is 2.62. The molecule has 0 spiro atoms. The molecular weight excluding hydrogens is 304 g/mol. The maximum Gasteiger partial charge on any atom is 0.337 e. The lowest BCUT2D eigenvalue weighted by atomic mass is 10.1. The Kier molecular flexibility index (Phi) is 5.31. The molecule has 0 fully saturated rings. The molecule has 22 heavy (non-hydrogen) atoms. The fraction of sp³-hybridized carbons (Fsp3) is 0.214. The molecule has 0 bridgehead atoms. The molecule has 1 heterocycles. The molecule has 2 rings (SSSR count). The molecule has 2 aromatic rings. The van der Waals surface area contributed by atoms with Gasteiger partial charge in [-0.25, -0.2) is 9.78 Å². The summed E-state index contributed by atoms with van der Waals surface area (Å²) in [6.45, 7) is 2.34. The summed E-state index contributed by atoms with van der Waals surface area (Å²) < 4.78 is 10.2. The molecule has 0 radical (unpaired) electrons. The second kappa shape index (κ2) is 7.41. The number of carbonyl (C=O) groups is 1. The Bertz CT molecular complexity index is 684. The summed E-state index contributed by atoms with van der Waals surface area (Å²) >= 11 is 1.36. The molecule has 1 aromatic heterocycles. The lowest BCUT2D eigenvalue weighted by molar-refractivity contribution is 0.0600. The predicted octanol–water partition coefficient (Wildman–Crippen LogP) is 2.36. The number of nitrogen functional groups attached to an aromatic ring is 1. The fourth-order valence-corrected chi connectivity index (χ4v) is 2.21. The Balaban J connectivity index is 2.16. The second-order valence-electron chi connectivity index (χ2n) is 4.12. The summed E-state index contributed by atoms with van der Waals surface area (Å²) in [5, 5.41) is 6.40. The van der Waals surface area contributed by atoms with Gasteiger partial charge in [0.1, 0.15) is 11.6 Å². The van der Waals surface area contributed by atoms with E-state index in [-0.39, 0.29) is 0 Å². The highest BCUT2D eigenvalue weighted by Gasteiger charge is 2.09. The molecule has 0 aliphatic rings. The normalized spacial score (nSPS) is 10.6. The standard InChI is InChI=1S/C14H16N4O3S/c1-3-21-11-6-9(13(19)20-2)4-5-10(11)7-16-18-14-17-12(15)8-22-14/h4-8H,3,15H2,1-2H3,(H,17,18). The molecule has 0 amide bonds. The van der Waals surface area contributed by atoms with Gasteiger partial charge >= 0.3 is 5.97 Å². The zero-order valence-corrected chi connectivity index (χ0v) is 13.0. The molecule has 3 N–H and O–H groups in total. The van der Waals surface area contributed by atoms with Gasteiger partial charge in [0.25, 0.3) is 0 Å². The lowest BCUT2D eigenvalue weighted by Gasteiger charge is -2.08. The number of anilines is 2. The van der Waals surface area contributed by atoms with Crippen LogP contribution in [0.25, 0.3) is 0 Å². The van der Waals surface area contributed by atoms with E-state index in [1.54, 1.807) is 29.8 Å². The van der Waals surface area contributed by atoms with E-state index in [0.717, 1.165) is 5.56 Å². The van der Waals surface area contributed by atoms with Crippen molar-refractivity contribution in [3.05, 3.63) is 34.7 Å². The first kappa shape index (κ1) is 15.8. The number of esters is 1. The molecular formula is C14H16N4O3S. The minimum Gasteiger partial charge on any atom is -0.493 e. The monoisotopic (exact) mass is 320 g/mol. The Labute approximate surface area is 131 Å². The highest BCUT2D eigenvalue weighted by Crippen LogP contribution is 2.20. The van der Waals surface area contributed by atoms with Crippen LogP contribution >= 0.6 is 11.3 Å². The zero-order chi connectivity index (χ0) is 15.9. The number of methoxy groups -OCH3 is 1. The van der Waals surface area contributed by atoms with Crippen molar-refractivity contribution in [3.8, 4) is 5.75 Å². The zero-order valence-electron chi connectivity index (χ0n) is 12.2. The number of aromatic nitrogens is 1. The van der Waals surface area contributed by atoms with E-state index in [9.17, 15) is 4.79 Å². The highest BCUT2D eigenvalue weighted by molar-refractivity contribution is 7.14. The van der Waals surface area contributed by atoms with Crippen LogP contribution in [0.1, 0.15) is 22.8 Å². The van der Waals surface area contributed by atoms with Crippen LogP contribution in [0.15, 0.2) is 28.7 Å². The van der Waals surface area contributed by atoms with E-state index in [2.05, 4.69) is 15.5 Å². The van der Waals surface area contributed by atoms with Crippen molar-refractivity contribution in [2.45, 2.75) is 6.92 Å². The van der Waals surface area contributed by atoms with Gasteiger partial charge in [0.2, 0.25) is 5.13 Å². The number of benzene rings is 1. The van der Waals surface area contributed by atoms with E-state index in [1.807, 2.05) is 6.92 Å². The maximum absolute atomic E-state index is 11.5. The average molecular weight is 320 g/mol. The van der Waals surface area contributed by atoms with Crippen molar-refractivity contribution in [2.24, 2.45) is 5.10 Å². The van der Waals surface area contributed by atoms with Crippen LogP contribution in [0.2, 0.25) is 0 Å². The second-order valence-corrected chi connectivity index (χ2v) is 4.98. The van der Waals surface area contributed by atoms with Crippen LogP contribution < -0.4 is 15.9 Å². The van der Waals surface area contributed by atoms with Crippen molar-refractivity contribution in [3.63, 3.8) is 0 Å². The molecule has 1 aromatic carbocycles. The van der Waals surface area contributed by atoms with Gasteiger partial charge < -0.3 is 15.2 Å². The number of thiazole rings is 1. The summed E-state index contributed by atoms with van der Waals surface area (Å²) in [5.41, 5.74) is 9.46. The molecule has 0 aliphatic carbocycles. The SMILES string of the molecule is CCOc1cc(C(=O)OC)ccc1C=NNc1nc(N)cs1. The fourth-order valence-electron chi connectivity index (χ4n) is 1.66. The van der Waals surface area contributed by atoms with Crippen molar-refractivity contribution >= 4 is 34.5 Å². The van der Waals surface area contributed by atoms with Crippen molar-refractivity contribution in [1.29, 1.82) is 0 Å². The van der Waals surface area contributed by atoms with Crippen LogP contribution in [-0.4, -0.2) is 30.9 Å². The molecule has 8 heteroatoms. The first-order valence-corrected chi connectivity index (χ1v) is 7.37. The third kappa shape index (κ3) is 3.95. The van der Waals surface area contributed by atoms with E-state index < -0.39 is 5.97 Å². The summed E-state index contributed by atoms with van der Waals surface area (Å²) in [5.74, 6) is 0.579. The lowest BCUT2D eigenvalue weighted by Crippen LogP contribution is -2.04. The molecule has 7 nitrogen and oxygen atoms in total. The van der Waals surface area contributed by atoms with Crippen molar-refractivity contribution in [1.82, 2.24) is 4.98 Å². The van der Waals surface area contributed by atoms with Crippen LogP contribution in [0, 0.1) is 0 Å². The predicted molar refractivity (Wildman–Crippen MR) is 86.7 cm³/mol. The maximum atomic E-state index is 11.5. The Morgan fingerprint density at radius 3 is 3.00 bits per heavy atom. The number of ether oxygens (including phenoxy) is 2. The molecule has 0 atom stereocenters. The molecule has 0 aliphatic heterocycles. The summed E-state index contributed by atoms with van der Waals surface area (Å²) in [4.78, 5) is 15.6. The number of rotatable bonds is 6. The minimum atomic E-state index is -0.416. The van der Waals surface area contributed by atoms with Gasteiger partial charge in [0, 0.05) is 10.9 Å². The molecule has 116 valence electrons. The first-order chi connectivity index (χ1) is 10.6. The smallest absolute Gasteiger partial charge is 0.337 e.